The van der Waals surface area contributed by atoms with Gasteiger partial charge in [-0.3, -0.25) is 14.4 Å². The molecule has 9 nitrogen and oxygen atoms in total. The normalized spacial score (nSPS) is 11.4. The van der Waals surface area contributed by atoms with Crippen molar-refractivity contribution in [1.29, 1.82) is 0 Å². The van der Waals surface area contributed by atoms with Gasteiger partial charge in [-0.15, -0.1) is 0 Å². The molecule has 3 amide bonds. The Morgan fingerprint density at radius 2 is 1.75 bits per heavy atom. The van der Waals surface area contributed by atoms with Gasteiger partial charge in [-0.05, 0) is 48.9 Å². The number of carbonyl (C=O) groups excluding carboxylic acids is 3. The number of anilines is 2. The number of aromatic amines is 1. The van der Waals surface area contributed by atoms with Crippen LogP contribution >= 0.6 is 11.6 Å². The number of alkyl halides is 3. The van der Waals surface area contributed by atoms with Gasteiger partial charge < -0.3 is 15.2 Å². The molecule has 208 valence electrons. The van der Waals surface area contributed by atoms with Crippen molar-refractivity contribution in [2.75, 3.05) is 24.4 Å². The van der Waals surface area contributed by atoms with Gasteiger partial charge in [0.1, 0.15) is 11.3 Å². The number of hydrazine groups is 1. The Morgan fingerprint density at radius 3 is 2.42 bits per heavy atom. The summed E-state index contributed by atoms with van der Waals surface area (Å²) in [5.41, 5.74) is -0.538. The molecule has 0 aliphatic carbocycles. The van der Waals surface area contributed by atoms with E-state index in [-0.39, 0.29) is 40.4 Å². The highest BCUT2D eigenvalue weighted by Crippen LogP contribution is 2.33. The van der Waals surface area contributed by atoms with E-state index < -0.39 is 29.1 Å². The molecule has 4 N–H and O–H groups in total. The predicted molar refractivity (Wildman–Crippen MR) is 145 cm³/mol. The van der Waals surface area contributed by atoms with E-state index in [9.17, 15) is 27.6 Å². The summed E-state index contributed by atoms with van der Waals surface area (Å²) in [6.45, 7) is 1.71. The highest BCUT2D eigenvalue weighted by molar-refractivity contribution is 6.31. The molecule has 4 rings (SSSR count). The number of likely N-dealkylation sites (N-methyl/N-ethyl adjacent to an activating group) is 1. The van der Waals surface area contributed by atoms with Gasteiger partial charge in [0, 0.05) is 24.8 Å². The molecule has 40 heavy (non-hydrogen) atoms. The monoisotopic (exact) mass is 572 g/mol. The van der Waals surface area contributed by atoms with E-state index in [1.807, 2.05) is 0 Å². The molecule has 0 fully saturated rings. The zero-order chi connectivity index (χ0) is 29.4. The standard InChI is InChI=1S/C27H24ClF3N6O3/c1-14-19(28)9-6-10-20(14)34-25(39)17-11-15(12-21-24(17)35-22(33-21)13-23(38)36(2)3)37(32)26(40)16-7-4-5-8-18(16)27(29,30)31/h4-12H,13,32H2,1-3H3,(H,33,35)(H,34,39). The third kappa shape index (κ3) is 5.77. The number of fused-ring (bicyclic) bond motifs is 1. The van der Waals surface area contributed by atoms with Crippen molar-refractivity contribution in [3.63, 3.8) is 0 Å². The van der Waals surface area contributed by atoms with Crippen LogP contribution in [-0.2, 0) is 17.4 Å². The summed E-state index contributed by atoms with van der Waals surface area (Å²) in [4.78, 5) is 47.6. The molecule has 4 aromatic rings. The predicted octanol–water partition coefficient (Wildman–Crippen LogP) is 4.95. The second kappa shape index (κ2) is 11.0. The number of benzene rings is 3. The molecule has 0 saturated heterocycles. The number of rotatable bonds is 6. The van der Waals surface area contributed by atoms with E-state index in [0.29, 0.717) is 21.3 Å². The van der Waals surface area contributed by atoms with Crippen LogP contribution in [0.4, 0.5) is 24.5 Å². The molecule has 0 saturated carbocycles. The maximum absolute atomic E-state index is 13.6. The summed E-state index contributed by atoms with van der Waals surface area (Å²) in [6, 6.07) is 11.8. The summed E-state index contributed by atoms with van der Waals surface area (Å²) in [7, 11) is 3.15. The topological polar surface area (TPSA) is 124 Å². The van der Waals surface area contributed by atoms with E-state index in [0.717, 1.165) is 18.2 Å². The Morgan fingerprint density at radius 1 is 1.05 bits per heavy atom. The minimum atomic E-state index is -4.80. The van der Waals surface area contributed by atoms with Crippen molar-refractivity contribution in [2.24, 2.45) is 5.84 Å². The van der Waals surface area contributed by atoms with Crippen molar-refractivity contribution in [3.8, 4) is 0 Å². The number of hydrogen-bond acceptors (Lipinski definition) is 5. The first-order valence-electron chi connectivity index (χ1n) is 11.8. The van der Waals surface area contributed by atoms with Gasteiger partial charge >= 0.3 is 6.18 Å². The second-order valence-corrected chi connectivity index (χ2v) is 9.53. The lowest BCUT2D eigenvalue weighted by atomic mass is 10.1. The molecule has 1 aromatic heterocycles. The largest absolute Gasteiger partial charge is 0.417 e. The molecule has 0 atom stereocenters. The van der Waals surface area contributed by atoms with Crippen LogP contribution in [0.2, 0.25) is 5.02 Å². The van der Waals surface area contributed by atoms with Gasteiger partial charge in [0.2, 0.25) is 5.91 Å². The molecule has 1 heterocycles. The van der Waals surface area contributed by atoms with E-state index in [1.54, 1.807) is 39.2 Å². The van der Waals surface area contributed by atoms with E-state index in [2.05, 4.69) is 15.3 Å². The molecule has 0 spiro atoms. The molecule has 0 aliphatic heterocycles. The maximum Gasteiger partial charge on any atom is 0.417 e. The third-order valence-electron chi connectivity index (χ3n) is 6.16. The number of amides is 3. The fourth-order valence-corrected chi connectivity index (χ4v) is 4.12. The lowest BCUT2D eigenvalue weighted by Crippen LogP contribution is -2.38. The van der Waals surface area contributed by atoms with Crippen molar-refractivity contribution >= 4 is 51.7 Å². The average Bonchev–Trinajstić information content (AvgIpc) is 3.31. The Balaban J connectivity index is 1.81. The number of carbonyl (C=O) groups is 3. The number of hydrogen-bond donors (Lipinski definition) is 3. The quantitative estimate of drug-likeness (QED) is 0.171. The Bertz CT molecular complexity index is 1630. The zero-order valence-corrected chi connectivity index (χ0v) is 22.3. The van der Waals surface area contributed by atoms with E-state index in [4.69, 9.17) is 17.4 Å². The number of nitrogens with one attached hydrogen (secondary N) is 2. The Hall–Kier alpha value is -4.42. The minimum Gasteiger partial charge on any atom is -0.348 e. The fourth-order valence-electron chi connectivity index (χ4n) is 3.95. The number of H-pyrrole nitrogens is 1. The minimum absolute atomic E-state index is 0.0426. The molecular weight excluding hydrogens is 549 g/mol. The summed E-state index contributed by atoms with van der Waals surface area (Å²) in [6.07, 6.45) is -4.91. The van der Waals surface area contributed by atoms with Crippen LogP contribution in [0.3, 0.4) is 0 Å². The lowest BCUT2D eigenvalue weighted by Gasteiger charge is -2.20. The first-order chi connectivity index (χ1) is 18.8. The highest BCUT2D eigenvalue weighted by Gasteiger charge is 2.36. The van der Waals surface area contributed by atoms with Crippen LogP contribution in [0.15, 0.2) is 54.6 Å². The van der Waals surface area contributed by atoms with Crippen LogP contribution in [0, 0.1) is 6.92 Å². The van der Waals surface area contributed by atoms with Gasteiger partial charge in [-0.25, -0.2) is 15.8 Å². The molecular formula is C27H24ClF3N6O3. The number of halogens is 4. The molecule has 3 aromatic carbocycles. The lowest BCUT2D eigenvalue weighted by molar-refractivity contribution is -0.138. The highest BCUT2D eigenvalue weighted by atomic mass is 35.5. The summed E-state index contributed by atoms with van der Waals surface area (Å²) < 4.78 is 40.7. The Kier molecular flexibility index (Phi) is 7.85. The number of nitrogens with zero attached hydrogens (tertiary/aromatic N) is 3. The van der Waals surface area contributed by atoms with Crippen LogP contribution in [-0.4, -0.2) is 46.7 Å². The average molecular weight is 573 g/mol. The van der Waals surface area contributed by atoms with Crippen molar-refractivity contribution in [2.45, 2.75) is 19.5 Å². The first kappa shape index (κ1) is 28.6. The molecule has 0 unspecified atom stereocenters. The number of nitrogens with two attached hydrogens (primary N) is 1. The van der Waals surface area contributed by atoms with Crippen LogP contribution < -0.4 is 16.2 Å². The second-order valence-electron chi connectivity index (χ2n) is 9.12. The van der Waals surface area contributed by atoms with Gasteiger partial charge in [0.05, 0.1) is 34.3 Å². The third-order valence-corrected chi connectivity index (χ3v) is 6.57. The van der Waals surface area contributed by atoms with Crippen LogP contribution in [0.5, 0.6) is 0 Å². The van der Waals surface area contributed by atoms with Gasteiger partial charge in [-0.1, -0.05) is 29.8 Å². The number of aromatic nitrogens is 2. The van der Waals surface area contributed by atoms with Crippen molar-refractivity contribution in [1.82, 2.24) is 14.9 Å². The van der Waals surface area contributed by atoms with Gasteiger partial charge in [0.15, 0.2) is 0 Å². The molecule has 0 aliphatic rings. The van der Waals surface area contributed by atoms with Gasteiger partial charge in [0.25, 0.3) is 11.8 Å². The molecule has 0 radical (unpaired) electrons. The zero-order valence-electron chi connectivity index (χ0n) is 21.6. The van der Waals surface area contributed by atoms with Crippen LogP contribution in [0.1, 0.15) is 37.7 Å². The van der Waals surface area contributed by atoms with E-state index >= 15 is 0 Å². The van der Waals surface area contributed by atoms with Crippen molar-refractivity contribution < 1.29 is 27.6 Å². The van der Waals surface area contributed by atoms with Crippen LogP contribution in [0.25, 0.3) is 11.0 Å². The Labute approximate surface area is 231 Å². The fraction of sp³-hybridized carbons (Fsp3) is 0.185. The summed E-state index contributed by atoms with van der Waals surface area (Å²) >= 11 is 6.17. The smallest absolute Gasteiger partial charge is 0.348 e. The van der Waals surface area contributed by atoms with Gasteiger partial charge in [-0.2, -0.15) is 13.2 Å². The SMILES string of the molecule is Cc1c(Cl)cccc1NC(=O)c1cc(N(N)C(=O)c2ccccc2C(F)(F)F)cc2[nH]c(CC(=O)N(C)C)nc12. The summed E-state index contributed by atoms with van der Waals surface area (Å²) in [5, 5.41) is 3.68. The first-order valence-corrected chi connectivity index (χ1v) is 12.2. The van der Waals surface area contributed by atoms with Crippen molar-refractivity contribution in [3.05, 3.63) is 87.7 Å². The maximum atomic E-state index is 13.6. The number of imidazole rings is 1. The van der Waals surface area contributed by atoms with E-state index in [1.165, 1.54) is 23.1 Å². The molecule has 13 heteroatoms. The summed E-state index contributed by atoms with van der Waals surface area (Å²) in [5.74, 6) is 4.21. The molecule has 0 bridgehead atoms.